The Bertz CT molecular complexity index is 3030. The molecule has 10 rings (SSSR count). The first-order valence-corrected chi connectivity index (χ1v) is 46.9. The molecule has 2 aliphatic heterocycles. The summed E-state index contributed by atoms with van der Waals surface area (Å²) < 4.78 is 21.7. The molecule has 2 saturated heterocycles. The van der Waals surface area contributed by atoms with E-state index < -0.39 is 43.9 Å². The summed E-state index contributed by atoms with van der Waals surface area (Å²) in [5.41, 5.74) is 2.49. The van der Waals surface area contributed by atoms with Crippen molar-refractivity contribution in [2.75, 3.05) is 72.1 Å². The first kappa shape index (κ1) is 121. The third kappa shape index (κ3) is 59.5. The normalized spacial score (nSPS) is 12.0. The van der Waals surface area contributed by atoms with Crippen LogP contribution in [-0.2, 0) is 110 Å². The minimum Gasteiger partial charge on any atom is -0.310 e. The molecule has 616 valence electrons. The third-order valence-electron chi connectivity index (χ3n) is 14.6. The fourth-order valence-electron chi connectivity index (χ4n) is 10.1. The Hall–Kier alpha value is -4.19. The summed E-state index contributed by atoms with van der Waals surface area (Å²) in [5, 5.41) is 37.9. The summed E-state index contributed by atoms with van der Waals surface area (Å²) in [6.07, 6.45) is 3.24. The number of rotatable bonds is 20. The van der Waals surface area contributed by atoms with Crippen LogP contribution in [-0.4, -0.2) is 159 Å². The van der Waals surface area contributed by atoms with Crippen molar-refractivity contribution in [3.8, 4) is 0 Å². The molecule has 4 atom stereocenters. The van der Waals surface area contributed by atoms with Gasteiger partial charge in [-0.1, -0.05) is 154 Å². The Morgan fingerprint density at radius 2 is 0.809 bits per heavy atom. The molecule has 0 bridgehead atoms. The van der Waals surface area contributed by atoms with Gasteiger partial charge in [0.1, 0.15) is 37.7 Å². The zero-order chi connectivity index (χ0) is 82.3. The maximum atomic E-state index is 10.0. The molecule has 8 aromatic rings. The van der Waals surface area contributed by atoms with Gasteiger partial charge in [0.15, 0.2) is 0 Å². The molecule has 0 amide bonds. The van der Waals surface area contributed by atoms with Gasteiger partial charge >= 0.3 is 85.8 Å². The van der Waals surface area contributed by atoms with Crippen LogP contribution < -0.4 is 42.4 Å². The summed E-state index contributed by atoms with van der Waals surface area (Å²) in [6.45, 7) is 42.4. The number of hydrogen-bond acceptors (Lipinski definition) is 16. The van der Waals surface area contributed by atoms with Crippen LogP contribution in [0.2, 0.25) is 0 Å². The van der Waals surface area contributed by atoms with E-state index in [-0.39, 0.29) is 53.2 Å². The number of hydrogen-bond donors (Lipinski definition) is 4. The van der Waals surface area contributed by atoms with E-state index in [9.17, 15) is 4.79 Å². The second-order valence-corrected chi connectivity index (χ2v) is 36.1. The van der Waals surface area contributed by atoms with Crippen LogP contribution in [0.4, 0.5) is 4.79 Å². The minimum absolute atomic E-state index is 0. The van der Waals surface area contributed by atoms with Crippen molar-refractivity contribution in [1.82, 2.24) is 15.2 Å². The summed E-state index contributed by atoms with van der Waals surface area (Å²) in [5.74, 6) is 0. The van der Waals surface area contributed by atoms with Gasteiger partial charge in [-0.25, -0.2) is 4.79 Å². The molecule has 2 fully saturated rings. The van der Waals surface area contributed by atoms with Gasteiger partial charge in [-0.05, 0) is 172 Å². The largest absolute Gasteiger partial charge is 0.310 e. The molecule has 0 radical (unpaired) electrons. The van der Waals surface area contributed by atoms with Gasteiger partial charge < -0.3 is 64.1 Å². The number of aliphatic hydroxyl groups is 3. The predicted octanol–water partition coefficient (Wildman–Crippen LogP) is 13.4. The van der Waals surface area contributed by atoms with Gasteiger partial charge in [-0.3, -0.25) is 34.8 Å². The average Bonchev–Trinajstić information content (AvgIpc) is 1.74. The molecule has 27 heteroatoms. The summed E-state index contributed by atoms with van der Waals surface area (Å²) in [6, 6.07) is 83.3. The Morgan fingerprint density at radius 3 is 1.01 bits per heavy atom. The number of aliphatic hydroxyl groups excluding tert-OH is 3. The Morgan fingerprint density at radius 1 is 0.555 bits per heavy atom. The number of cyclic esters (lactones) is 2. The van der Waals surface area contributed by atoms with Crippen LogP contribution in [0, 0.1) is 14.9 Å². The maximum Gasteiger partial charge on any atom is 0.102 e. The predicted molar refractivity (Wildman–Crippen MR) is 477 cm³/mol. The zero-order valence-electron chi connectivity index (χ0n) is 66.5. The van der Waals surface area contributed by atoms with Crippen LogP contribution >= 0.6 is 69.4 Å². The van der Waals surface area contributed by atoms with Crippen LogP contribution in [0.3, 0.4) is 0 Å². The fraction of sp³-hybridized carbons (Fsp3) is 0.349. The number of pyridine rings is 1. The van der Waals surface area contributed by atoms with E-state index in [0.717, 1.165) is 52.6 Å². The third-order valence-corrected chi connectivity index (χ3v) is 27.3. The Balaban J connectivity index is -0.000000195. The van der Waals surface area contributed by atoms with Crippen LogP contribution in [0.25, 0.3) is 0 Å². The molecule has 2 aliphatic rings. The monoisotopic (exact) mass is 1930 g/mol. The molecule has 3 heterocycles. The molecule has 7 aromatic carbocycles. The number of halogens is 2. The second kappa shape index (κ2) is 82.8. The minimum atomic E-state index is -0.877. The first-order chi connectivity index (χ1) is 51.8. The van der Waals surface area contributed by atoms with Gasteiger partial charge in [0, 0.05) is 34.7 Å². The van der Waals surface area contributed by atoms with E-state index >= 15 is 0 Å². The van der Waals surface area contributed by atoms with Gasteiger partial charge in [-0.2, -0.15) is 9.59 Å². The standard InChI is InChI=1S/C28H29NP2.C19H35N2P.C18H15P.C4H6O3.C3H8O2.C3H6O.CO2.CH4O.3CHO.CH5P.2CH3.2ClH.HOP.3Ru.4H/c1-5-13-25(14-6-1)30(26-15-7-2-8-16-26)23-21-29-22-24-31(27-17-9-3-10-18-27)28-19-11-4-12-20-28;1-9-21(10-2)14-16-12-11-13-17(20-16)15-22(18(3,4)5)19(6,7)8;1-4-10-16(11-5-1)19(17-12-6-2-7-13-17)18-14-8-3-9-15-18;1-3-2-6-4(5)7-3;1-3(5)2-4;1-3-2-4-3;2-1-3;5*1-2;;;;;1-2;;;;;;;/h1-20,29H,21-24H2;11-13H,9-10,14-15H2,1-8H3;1-15H;3H,2H2,1H3;3-5H,2H2,1H3;3H,2H2,1H3;;2H,1H3;3*1H;2H2,1H3;2*1H3;2*1H;2H;;;;;;;/q;;;;;;;;3*-1;;2*-1;;;;;2*+3;;;;/p+2. The van der Waals surface area contributed by atoms with E-state index in [1.807, 2.05) is 6.66 Å². The van der Waals surface area contributed by atoms with Crippen molar-refractivity contribution in [2.24, 2.45) is 0 Å². The SMILES string of the molecule is CC(O)CO.CC1CO1.CC1COC(=O)O1.CCN(CC)Cc1cccc(C[PH+](C(C)(C)C)C(C)(C)C)n1.CO.CP.O=C=O.O=P.[CH-]=O.[CH-]=O.[CH-]=O.[CH3-].[CH3-].[Cl][RuH+2].[Cl][RuH+2].[RuH2].c1ccc([PH+](CCNCC[PH+](c2ccccc2)c2ccccc2)c2ccccc2)cc1.c1ccc([PH+](c2ccccc2)c2ccccc2)cc1. The molecular formula is C83H126Cl2N3O13P6Ru3+3. The molecule has 4 N–H and O–H groups in total. The average molecular weight is 1930 g/mol. The van der Waals surface area contributed by atoms with Gasteiger partial charge in [0.05, 0.1) is 111 Å². The summed E-state index contributed by atoms with van der Waals surface area (Å²) in [4.78, 5) is 56.9. The number of benzene rings is 7. The van der Waals surface area contributed by atoms with Gasteiger partial charge in [0.2, 0.25) is 0 Å². The maximum absolute atomic E-state index is 10.0. The Kier molecular flexibility index (Phi) is 91.4. The van der Waals surface area contributed by atoms with Crippen molar-refractivity contribution >= 4 is 139 Å². The van der Waals surface area contributed by atoms with Crippen molar-refractivity contribution in [1.29, 1.82) is 0 Å². The van der Waals surface area contributed by atoms with E-state index in [1.165, 1.54) is 67.8 Å². The quantitative estimate of drug-likeness (QED) is 0.0105. The number of nitrogens with one attached hydrogen (secondary N) is 1. The molecule has 0 aliphatic carbocycles. The molecular weight excluding hydrogens is 1810 g/mol. The number of ether oxygens (including phenoxy) is 3. The van der Waals surface area contributed by atoms with Crippen LogP contribution in [0.15, 0.2) is 231 Å². The topological polar surface area (TPSA) is 239 Å². The van der Waals surface area contributed by atoms with Crippen molar-refractivity contribution < 1.29 is 117 Å². The Labute approximate surface area is 711 Å². The zero-order valence-corrected chi connectivity index (χ0v) is 79.9. The van der Waals surface area contributed by atoms with Crippen molar-refractivity contribution in [2.45, 2.75) is 117 Å². The van der Waals surface area contributed by atoms with Gasteiger partial charge in [0.25, 0.3) is 0 Å². The summed E-state index contributed by atoms with van der Waals surface area (Å²) >= 11 is 3.24. The summed E-state index contributed by atoms with van der Waals surface area (Å²) in [7, 11) is 11.4. The van der Waals surface area contributed by atoms with E-state index in [0.29, 0.717) is 23.0 Å². The van der Waals surface area contributed by atoms with Gasteiger partial charge in [-0.15, -0.1) is 9.24 Å². The molecule has 0 spiro atoms. The molecule has 110 heavy (non-hydrogen) atoms. The molecule has 1 aromatic heterocycles. The van der Waals surface area contributed by atoms with E-state index in [4.69, 9.17) is 53.6 Å². The first-order valence-electron chi connectivity index (χ1n) is 34.0. The molecule has 16 nitrogen and oxygen atoms in total. The molecule has 0 saturated carbocycles. The van der Waals surface area contributed by atoms with E-state index in [2.05, 4.69) is 362 Å². The van der Waals surface area contributed by atoms with Crippen LogP contribution in [0.5, 0.6) is 0 Å². The number of carbonyl (C=O) groups is 1. The molecule has 4 unspecified atom stereocenters. The van der Waals surface area contributed by atoms with E-state index in [1.54, 1.807) is 50.7 Å². The number of aromatic nitrogens is 1. The van der Waals surface area contributed by atoms with Crippen LogP contribution in [0.1, 0.15) is 87.5 Å². The second-order valence-electron chi connectivity index (χ2n) is 24.1. The van der Waals surface area contributed by atoms with Crippen molar-refractivity contribution in [3.63, 3.8) is 0 Å². The van der Waals surface area contributed by atoms with Crippen molar-refractivity contribution in [3.05, 3.63) is 257 Å². The smallest absolute Gasteiger partial charge is 0.102 e. The number of epoxide rings is 1. The number of carbonyl (C=O) groups excluding carboxylic acids is 6. The fourth-order valence-corrected chi connectivity index (χ4v) is 21.6. The number of nitrogens with zero attached hydrogens (tertiary/aromatic N) is 2.